The summed E-state index contributed by atoms with van der Waals surface area (Å²) in [5.74, 6) is 0. The van der Waals surface area contributed by atoms with Crippen molar-refractivity contribution in [1.29, 1.82) is 0 Å². The molecule has 1 N–H and O–H groups in total. The van der Waals surface area contributed by atoms with Crippen molar-refractivity contribution >= 4 is 21.3 Å². The average molecular weight is 223 g/mol. The second-order valence-corrected chi connectivity index (χ2v) is 3.76. The Labute approximate surface area is 80.5 Å². The minimum absolute atomic E-state index is 1.03. The molecule has 0 unspecified atom stereocenters. The zero-order valence-corrected chi connectivity index (χ0v) is 8.62. The van der Waals surface area contributed by atoms with Crippen molar-refractivity contribution in [3.63, 3.8) is 0 Å². The summed E-state index contributed by atoms with van der Waals surface area (Å²) in [7, 11) is 0. The van der Waals surface area contributed by atoms with E-state index in [0.717, 1.165) is 30.4 Å². The molecule has 2 rings (SSSR count). The van der Waals surface area contributed by atoms with E-state index in [4.69, 9.17) is 0 Å². The van der Waals surface area contributed by atoms with Gasteiger partial charge in [-0.25, -0.2) is 0 Å². The van der Waals surface area contributed by atoms with Gasteiger partial charge in [0, 0.05) is 0 Å². The van der Waals surface area contributed by atoms with Gasteiger partial charge in [-0.2, -0.15) is 0 Å². The van der Waals surface area contributed by atoms with E-state index in [1.807, 2.05) is 0 Å². The molecule has 0 amide bonds. The van der Waals surface area contributed by atoms with E-state index in [0.29, 0.717) is 0 Å². The zero-order valence-electron chi connectivity index (χ0n) is 6.75. The topological polar surface area (TPSA) is 37.8 Å². The molecule has 0 fully saturated rings. The Hall–Kier alpha value is -0.402. The molecular formula is C8H10AsN3. The van der Waals surface area contributed by atoms with Crippen molar-refractivity contribution in [3.05, 3.63) is 17.6 Å². The molecule has 1 aliphatic rings. The fraction of sp³-hybridized carbons (Fsp3) is 0.500. The minimum atomic E-state index is 1.03. The predicted octanol–water partition coefficient (Wildman–Crippen LogP) is -1.04. The Kier molecular flexibility index (Phi) is 2.42. The van der Waals surface area contributed by atoms with Crippen LogP contribution in [0.5, 0.6) is 0 Å². The van der Waals surface area contributed by atoms with Crippen LogP contribution < -0.4 is 9.80 Å². The first-order valence-electron chi connectivity index (χ1n) is 4.10. The summed E-state index contributed by atoms with van der Waals surface area (Å²) in [6, 6.07) is 0. The van der Waals surface area contributed by atoms with Crippen LogP contribution in [-0.4, -0.2) is 39.9 Å². The van der Waals surface area contributed by atoms with Crippen molar-refractivity contribution in [3.8, 4) is 0 Å². The molecule has 1 aromatic rings. The molecule has 62 valence electrons. The molecule has 0 saturated carbocycles. The Morgan fingerprint density at radius 2 is 2.08 bits per heavy atom. The molecule has 4 heteroatoms. The molecule has 0 bridgehead atoms. The first kappa shape index (κ1) is 8.21. The molecule has 0 aliphatic carbocycles. The number of hydrogen-bond acceptors (Lipinski definition) is 3. The van der Waals surface area contributed by atoms with Gasteiger partial charge in [-0.1, -0.05) is 0 Å². The van der Waals surface area contributed by atoms with Gasteiger partial charge in [0.1, 0.15) is 0 Å². The van der Waals surface area contributed by atoms with Gasteiger partial charge in [0.25, 0.3) is 0 Å². The van der Waals surface area contributed by atoms with Crippen LogP contribution in [0.2, 0.25) is 0 Å². The normalized spacial score (nSPS) is 16.8. The van der Waals surface area contributed by atoms with Gasteiger partial charge in [0.15, 0.2) is 0 Å². The zero-order chi connectivity index (χ0) is 8.39. The summed E-state index contributed by atoms with van der Waals surface area (Å²) in [4.78, 5) is 8.45. The van der Waals surface area contributed by atoms with Gasteiger partial charge >= 0.3 is 80.1 Å². The SMILES string of the molecule is [As]c1ncnc2c1CCNCC2. The summed E-state index contributed by atoms with van der Waals surface area (Å²) < 4.78 is 1.08. The molecular weight excluding hydrogens is 213 g/mol. The fourth-order valence-electron chi connectivity index (χ4n) is 1.45. The van der Waals surface area contributed by atoms with Gasteiger partial charge < -0.3 is 0 Å². The summed E-state index contributed by atoms with van der Waals surface area (Å²) in [5.41, 5.74) is 2.54. The number of nitrogens with zero attached hydrogens (tertiary/aromatic N) is 2. The van der Waals surface area contributed by atoms with Crippen LogP contribution in [0.3, 0.4) is 0 Å². The van der Waals surface area contributed by atoms with E-state index in [1.165, 1.54) is 11.3 Å². The van der Waals surface area contributed by atoms with Crippen LogP contribution in [-0.2, 0) is 12.8 Å². The second kappa shape index (κ2) is 3.54. The van der Waals surface area contributed by atoms with Crippen molar-refractivity contribution in [1.82, 2.24) is 15.3 Å². The van der Waals surface area contributed by atoms with Gasteiger partial charge in [-0.05, 0) is 0 Å². The third-order valence-corrected chi connectivity index (χ3v) is 2.91. The molecule has 2 radical (unpaired) electrons. The van der Waals surface area contributed by atoms with E-state index in [-0.39, 0.29) is 0 Å². The molecule has 3 nitrogen and oxygen atoms in total. The van der Waals surface area contributed by atoms with Crippen LogP contribution >= 0.6 is 0 Å². The van der Waals surface area contributed by atoms with Gasteiger partial charge in [-0.3, -0.25) is 0 Å². The standard InChI is InChI=1S/C8H10AsN3/c9-8-6-1-3-10-4-2-7(6)11-5-12-8/h5,10H,1-4H2. The molecule has 1 aromatic heterocycles. The number of nitrogens with one attached hydrogen (secondary N) is 1. The molecule has 0 atom stereocenters. The summed E-state index contributed by atoms with van der Waals surface area (Å²) >= 11 is 2.52. The van der Waals surface area contributed by atoms with Crippen LogP contribution in [0.1, 0.15) is 11.3 Å². The number of fused-ring (bicyclic) bond motifs is 1. The summed E-state index contributed by atoms with van der Waals surface area (Å²) in [6.45, 7) is 2.08. The first-order valence-corrected chi connectivity index (χ1v) is 5.04. The maximum absolute atomic E-state index is 4.28. The maximum atomic E-state index is 4.28. The van der Waals surface area contributed by atoms with Crippen LogP contribution in [0.25, 0.3) is 0 Å². The number of rotatable bonds is 0. The van der Waals surface area contributed by atoms with E-state index < -0.39 is 0 Å². The van der Waals surface area contributed by atoms with Crippen LogP contribution in [0.4, 0.5) is 0 Å². The van der Waals surface area contributed by atoms with Crippen molar-refractivity contribution in [2.75, 3.05) is 13.1 Å². The van der Waals surface area contributed by atoms with Crippen molar-refractivity contribution < 1.29 is 0 Å². The Balaban J connectivity index is 2.42. The quantitative estimate of drug-likeness (QED) is 0.571. The van der Waals surface area contributed by atoms with Gasteiger partial charge in [0.2, 0.25) is 0 Å². The monoisotopic (exact) mass is 223 g/mol. The van der Waals surface area contributed by atoms with Crippen LogP contribution in [0.15, 0.2) is 6.33 Å². The second-order valence-electron chi connectivity index (χ2n) is 2.87. The molecule has 2 heterocycles. The predicted molar refractivity (Wildman–Crippen MR) is 47.7 cm³/mol. The summed E-state index contributed by atoms with van der Waals surface area (Å²) in [6.07, 6.45) is 3.74. The molecule has 0 aromatic carbocycles. The van der Waals surface area contributed by atoms with Crippen molar-refractivity contribution in [2.45, 2.75) is 12.8 Å². The third kappa shape index (κ3) is 1.52. The average Bonchev–Trinajstić information content (AvgIpc) is 2.30. The van der Waals surface area contributed by atoms with Gasteiger partial charge in [-0.15, -0.1) is 0 Å². The molecule has 0 saturated heterocycles. The Bertz CT molecular complexity index is 288. The Morgan fingerprint density at radius 1 is 1.25 bits per heavy atom. The summed E-state index contributed by atoms with van der Waals surface area (Å²) in [5, 5.41) is 3.35. The van der Waals surface area contributed by atoms with E-state index in [9.17, 15) is 0 Å². The van der Waals surface area contributed by atoms with E-state index >= 15 is 0 Å². The van der Waals surface area contributed by atoms with Crippen LogP contribution in [0, 0.1) is 0 Å². The third-order valence-electron chi connectivity index (χ3n) is 2.10. The first-order chi connectivity index (χ1) is 5.88. The van der Waals surface area contributed by atoms with E-state index in [1.54, 1.807) is 6.33 Å². The molecule has 0 spiro atoms. The van der Waals surface area contributed by atoms with Crippen molar-refractivity contribution in [2.24, 2.45) is 0 Å². The van der Waals surface area contributed by atoms with Gasteiger partial charge in [0.05, 0.1) is 0 Å². The Morgan fingerprint density at radius 3 is 3.00 bits per heavy atom. The molecule has 12 heavy (non-hydrogen) atoms. The fourth-order valence-corrected chi connectivity index (χ4v) is 2.07. The van der Waals surface area contributed by atoms with E-state index in [2.05, 4.69) is 32.1 Å². The number of aromatic nitrogens is 2. The molecule has 1 aliphatic heterocycles. The number of hydrogen-bond donors (Lipinski definition) is 1.